The number of aliphatic imine (C=N–C) groups is 1. The van der Waals surface area contributed by atoms with Gasteiger partial charge in [0.05, 0.1) is 11.7 Å². The van der Waals surface area contributed by atoms with Crippen LogP contribution in [0.1, 0.15) is 75.8 Å². The van der Waals surface area contributed by atoms with Gasteiger partial charge in [-0.2, -0.15) is 4.99 Å². The molecule has 7 rings (SSSR count). The Morgan fingerprint density at radius 3 is 2.55 bits per heavy atom. The smallest absolute Gasteiger partial charge is 0.246 e. The maximum absolute atomic E-state index is 15.5. The number of amides is 2. The van der Waals surface area contributed by atoms with Gasteiger partial charge in [0, 0.05) is 60.5 Å². The molecule has 1 N–H and O–H groups in total. The summed E-state index contributed by atoms with van der Waals surface area (Å²) in [6.07, 6.45) is 9.71. The average Bonchev–Trinajstić information content (AvgIpc) is 3.70. The first kappa shape index (κ1) is 31.8. The van der Waals surface area contributed by atoms with Gasteiger partial charge in [-0.1, -0.05) is 6.58 Å². The van der Waals surface area contributed by atoms with Gasteiger partial charge >= 0.3 is 0 Å². The third-order valence-electron chi connectivity index (χ3n) is 11.0. The molecule has 0 aromatic heterocycles. The van der Waals surface area contributed by atoms with Gasteiger partial charge in [-0.15, -0.1) is 0 Å². The largest absolute Gasteiger partial charge is 0.489 e. The molecule has 2 bridgehead atoms. The van der Waals surface area contributed by atoms with E-state index < -0.39 is 11.6 Å². The number of amidine groups is 1. The number of carbonyl (C=O) groups is 2. The summed E-state index contributed by atoms with van der Waals surface area (Å²) in [6, 6.07) is 6.19. The number of hydrogen-bond donors (Lipinski definition) is 1. The summed E-state index contributed by atoms with van der Waals surface area (Å²) >= 11 is 0. The van der Waals surface area contributed by atoms with Gasteiger partial charge in [0.2, 0.25) is 12.3 Å². The van der Waals surface area contributed by atoms with Gasteiger partial charge in [0.15, 0.2) is 5.75 Å². The SMILES string of the molecule is C=CC(=O)N1C[C@H](C)N(C(=NC=O)c2cc(C3CC3)c(-c3ccc(F)cc3F)c3c2N[C@H](CCCN2C[C@H]4CC[C@@H]2C4)CO3)C[C@H]1C. The van der Waals surface area contributed by atoms with Crippen molar-refractivity contribution in [3.63, 3.8) is 0 Å². The molecule has 5 atom stereocenters. The number of likely N-dealkylation sites (tertiary alicyclic amines) is 1. The van der Waals surface area contributed by atoms with E-state index >= 15 is 4.39 Å². The van der Waals surface area contributed by atoms with Gasteiger partial charge in [-0.3, -0.25) is 9.59 Å². The first-order chi connectivity index (χ1) is 22.7. The number of hydrogen-bond acceptors (Lipinski definition) is 5. The fourth-order valence-electron chi connectivity index (χ4n) is 8.45. The topological polar surface area (TPSA) is 77.5 Å². The highest BCUT2D eigenvalue weighted by molar-refractivity contribution is 6.09. The number of benzene rings is 2. The molecule has 0 spiro atoms. The van der Waals surface area contributed by atoms with Gasteiger partial charge in [-0.05, 0) is 107 Å². The van der Waals surface area contributed by atoms with E-state index in [0.29, 0.717) is 54.5 Å². The van der Waals surface area contributed by atoms with Crippen LogP contribution in [0.5, 0.6) is 5.75 Å². The summed E-state index contributed by atoms with van der Waals surface area (Å²) in [6.45, 7) is 11.3. The number of piperazine rings is 1. The molecule has 2 amide bonds. The Bertz CT molecular complexity index is 1590. The molecule has 2 aliphatic carbocycles. The summed E-state index contributed by atoms with van der Waals surface area (Å²) < 4.78 is 36.1. The minimum atomic E-state index is -0.639. The molecule has 2 saturated heterocycles. The van der Waals surface area contributed by atoms with Crippen LogP contribution in [0, 0.1) is 17.6 Å². The summed E-state index contributed by atoms with van der Waals surface area (Å²) in [5.41, 5.74) is 3.25. The van der Waals surface area contributed by atoms with Crippen LogP contribution in [0.25, 0.3) is 11.1 Å². The molecule has 0 unspecified atom stereocenters. The zero-order valence-corrected chi connectivity index (χ0v) is 27.4. The van der Waals surface area contributed by atoms with E-state index in [9.17, 15) is 14.0 Å². The average molecular weight is 646 g/mol. The quantitative estimate of drug-likeness (QED) is 0.157. The number of anilines is 1. The Morgan fingerprint density at radius 1 is 1.09 bits per heavy atom. The van der Waals surface area contributed by atoms with Crippen LogP contribution in [0.4, 0.5) is 14.5 Å². The molecule has 3 heterocycles. The van der Waals surface area contributed by atoms with E-state index in [1.54, 1.807) is 4.90 Å². The van der Waals surface area contributed by atoms with Crippen molar-refractivity contribution in [1.29, 1.82) is 0 Å². The van der Waals surface area contributed by atoms with Crippen molar-refractivity contribution in [1.82, 2.24) is 14.7 Å². The van der Waals surface area contributed by atoms with E-state index in [1.807, 2.05) is 19.9 Å². The lowest BCUT2D eigenvalue weighted by Gasteiger charge is -2.45. The molecule has 47 heavy (non-hydrogen) atoms. The molecule has 2 aromatic rings. The Kier molecular flexibility index (Phi) is 8.80. The molecule has 0 radical (unpaired) electrons. The number of fused-ring (bicyclic) bond motifs is 3. The van der Waals surface area contributed by atoms with Crippen molar-refractivity contribution >= 4 is 23.8 Å². The molecular weight excluding hydrogens is 600 g/mol. The minimum absolute atomic E-state index is 0.00891. The fraction of sp³-hybridized carbons (Fsp3) is 0.541. The van der Waals surface area contributed by atoms with E-state index in [0.717, 1.165) is 61.4 Å². The number of nitrogens with one attached hydrogen (secondary N) is 1. The molecule has 2 saturated carbocycles. The van der Waals surface area contributed by atoms with E-state index in [1.165, 1.54) is 44.0 Å². The van der Waals surface area contributed by atoms with Gasteiger partial charge < -0.3 is 24.8 Å². The number of ether oxygens (including phenoxy) is 1. The molecule has 5 aliphatic rings. The van der Waals surface area contributed by atoms with Crippen LogP contribution in [0.3, 0.4) is 0 Å². The zero-order valence-electron chi connectivity index (χ0n) is 27.4. The predicted octanol–water partition coefficient (Wildman–Crippen LogP) is 5.96. The van der Waals surface area contributed by atoms with Crippen molar-refractivity contribution in [3.05, 3.63) is 59.7 Å². The molecule has 10 heteroatoms. The van der Waals surface area contributed by atoms with Gasteiger partial charge in [0.1, 0.15) is 24.1 Å². The standard InChI is InChI=1S/C37H45F2N5O3/c1-4-33(46)43-17-23(3)44(18-22(43)2)37(40-21-45)31-16-30(25-8-9-25)34(29-12-10-26(38)15-32(29)39)36-35(31)41-27(20-47-36)6-5-13-42-19-24-7-11-28(42)14-24/h4,10,12,15-16,21-25,27-28,41H,1,5-9,11,13-14,17-20H2,2-3H3/t22-,23+,24+,27-,28-/m1/s1. The molecule has 250 valence electrons. The third kappa shape index (κ3) is 6.17. The van der Waals surface area contributed by atoms with E-state index in [4.69, 9.17) is 4.74 Å². The zero-order chi connectivity index (χ0) is 32.8. The maximum atomic E-state index is 15.5. The number of piperidine rings is 1. The van der Waals surface area contributed by atoms with Crippen LogP contribution >= 0.6 is 0 Å². The van der Waals surface area contributed by atoms with Crippen LogP contribution in [0.2, 0.25) is 0 Å². The molecular formula is C37H45F2N5O3. The number of rotatable bonds is 9. The molecule has 4 fully saturated rings. The second-order valence-electron chi connectivity index (χ2n) is 14.2. The first-order valence-electron chi connectivity index (χ1n) is 17.3. The maximum Gasteiger partial charge on any atom is 0.246 e. The second-order valence-corrected chi connectivity index (χ2v) is 14.2. The third-order valence-corrected chi connectivity index (χ3v) is 11.0. The lowest BCUT2D eigenvalue weighted by atomic mass is 9.89. The summed E-state index contributed by atoms with van der Waals surface area (Å²) in [7, 11) is 0. The van der Waals surface area contributed by atoms with Crippen LogP contribution in [0.15, 0.2) is 41.9 Å². The molecule has 2 aromatic carbocycles. The fourth-order valence-corrected chi connectivity index (χ4v) is 8.45. The molecule has 8 nitrogen and oxygen atoms in total. The summed E-state index contributed by atoms with van der Waals surface area (Å²) in [4.78, 5) is 35.7. The lowest BCUT2D eigenvalue weighted by Crippen LogP contribution is -2.59. The summed E-state index contributed by atoms with van der Waals surface area (Å²) in [5, 5.41) is 3.75. The van der Waals surface area contributed by atoms with E-state index in [2.05, 4.69) is 26.7 Å². The van der Waals surface area contributed by atoms with Crippen molar-refractivity contribution < 1.29 is 23.1 Å². The number of nitrogens with zero attached hydrogens (tertiary/aromatic N) is 4. The highest BCUT2D eigenvalue weighted by atomic mass is 19.1. The minimum Gasteiger partial charge on any atom is -0.489 e. The Morgan fingerprint density at radius 2 is 1.87 bits per heavy atom. The van der Waals surface area contributed by atoms with E-state index in [-0.39, 0.29) is 30.0 Å². The van der Waals surface area contributed by atoms with Crippen molar-refractivity contribution in [2.45, 2.75) is 88.9 Å². The Labute approximate surface area is 275 Å². The van der Waals surface area contributed by atoms with Crippen LogP contribution in [-0.4, -0.2) is 89.8 Å². The lowest BCUT2D eigenvalue weighted by molar-refractivity contribution is -0.130. The van der Waals surface area contributed by atoms with Crippen molar-refractivity contribution in [2.75, 3.05) is 38.1 Å². The summed E-state index contributed by atoms with van der Waals surface area (Å²) in [5.74, 6) is 0.659. The highest BCUT2D eigenvalue weighted by Crippen LogP contribution is 2.53. The number of carbonyl (C=O) groups excluding carboxylic acids is 2. The van der Waals surface area contributed by atoms with Gasteiger partial charge in [-0.25, -0.2) is 8.78 Å². The van der Waals surface area contributed by atoms with Gasteiger partial charge in [0.25, 0.3) is 0 Å². The second kappa shape index (κ2) is 13.0. The van der Waals surface area contributed by atoms with Crippen molar-refractivity contribution in [2.24, 2.45) is 10.9 Å². The normalized spacial score (nSPS) is 27.3. The Hall–Kier alpha value is -3.79. The Balaban J connectivity index is 1.26. The van der Waals surface area contributed by atoms with Crippen LogP contribution < -0.4 is 10.1 Å². The highest BCUT2D eigenvalue weighted by Gasteiger charge is 2.40. The predicted molar refractivity (Wildman–Crippen MR) is 179 cm³/mol. The first-order valence-corrected chi connectivity index (χ1v) is 17.3. The monoisotopic (exact) mass is 645 g/mol. The van der Waals surface area contributed by atoms with Crippen molar-refractivity contribution in [3.8, 4) is 16.9 Å². The van der Waals surface area contributed by atoms with Crippen LogP contribution in [-0.2, 0) is 9.59 Å². The molecule has 3 aliphatic heterocycles. The number of halogens is 2.